The normalized spacial score (nSPS) is 11.3. The van der Waals surface area contributed by atoms with Crippen LogP contribution in [0, 0.1) is 6.92 Å². The van der Waals surface area contributed by atoms with Gasteiger partial charge in [0.1, 0.15) is 29.6 Å². The van der Waals surface area contributed by atoms with Gasteiger partial charge in [0, 0.05) is 28.9 Å². The number of pyridine rings is 1. The van der Waals surface area contributed by atoms with Crippen LogP contribution >= 0.6 is 11.6 Å². The second kappa shape index (κ2) is 10.4. The van der Waals surface area contributed by atoms with Gasteiger partial charge in [0.25, 0.3) is 0 Å². The maximum absolute atomic E-state index is 12.3. The van der Waals surface area contributed by atoms with Gasteiger partial charge in [-0.1, -0.05) is 29.8 Å². The third-order valence-corrected chi connectivity index (χ3v) is 5.57. The maximum Gasteiger partial charge on any atom is 0.415 e. The van der Waals surface area contributed by atoms with Crippen LogP contribution in [-0.4, -0.2) is 33.7 Å². The van der Waals surface area contributed by atoms with Crippen molar-refractivity contribution in [2.24, 2.45) is 0 Å². The number of imidazole rings is 1. The van der Waals surface area contributed by atoms with Gasteiger partial charge in [0.15, 0.2) is 0 Å². The Bertz CT molecular complexity index is 1340. The molecule has 0 radical (unpaired) electrons. The Hall–Kier alpha value is -3.84. The van der Waals surface area contributed by atoms with Crippen molar-refractivity contribution in [2.45, 2.75) is 39.9 Å². The Morgan fingerprint density at radius 3 is 2.31 bits per heavy atom. The summed E-state index contributed by atoms with van der Waals surface area (Å²) in [6.45, 7) is 7.74. The number of benzene rings is 2. The number of carbonyl (C=O) groups is 1. The van der Waals surface area contributed by atoms with Crippen molar-refractivity contribution in [2.75, 3.05) is 11.9 Å². The number of halogens is 1. The predicted molar refractivity (Wildman–Crippen MR) is 142 cm³/mol. The quantitative estimate of drug-likeness (QED) is 0.304. The number of nitrogens with zero attached hydrogens (tertiary/aromatic N) is 3. The van der Waals surface area contributed by atoms with Gasteiger partial charge in [0.05, 0.1) is 11.4 Å². The second-order valence-electron chi connectivity index (χ2n) is 9.41. The lowest BCUT2D eigenvalue weighted by Gasteiger charge is -2.24. The number of aromatic nitrogens is 3. The average Bonchev–Trinajstić information content (AvgIpc) is 3.23. The first-order valence-electron chi connectivity index (χ1n) is 11.6. The van der Waals surface area contributed by atoms with Crippen LogP contribution in [0.2, 0.25) is 5.02 Å². The van der Waals surface area contributed by atoms with Gasteiger partial charge >= 0.3 is 6.09 Å². The van der Waals surface area contributed by atoms with E-state index in [-0.39, 0.29) is 6.61 Å². The molecule has 8 heteroatoms. The molecule has 0 aliphatic heterocycles. The standard InChI is InChI=1S/C28H29ClN4O3/c1-18-25(19-9-13-21(29)14-10-19)32-26(30-18)20-11-15-23(16-12-20)35-17-22-7-6-8-24(31-22)33(5)27(34)36-28(2,3)4/h6-16H,17H2,1-5H3,(H,30,32). The van der Waals surface area contributed by atoms with Crippen molar-refractivity contribution < 1.29 is 14.3 Å². The van der Waals surface area contributed by atoms with E-state index in [2.05, 4.69) is 9.97 Å². The van der Waals surface area contributed by atoms with Crippen LogP contribution in [-0.2, 0) is 11.3 Å². The lowest BCUT2D eigenvalue weighted by Crippen LogP contribution is -2.34. The molecular formula is C28H29ClN4O3. The number of carbonyl (C=O) groups excluding carboxylic acids is 1. The number of amides is 1. The van der Waals surface area contributed by atoms with Gasteiger partial charge in [-0.25, -0.2) is 14.8 Å². The van der Waals surface area contributed by atoms with E-state index in [1.807, 2.05) is 88.4 Å². The van der Waals surface area contributed by atoms with Crippen LogP contribution in [0.5, 0.6) is 5.75 Å². The Morgan fingerprint density at radius 2 is 1.64 bits per heavy atom. The Kier molecular flexibility index (Phi) is 7.31. The summed E-state index contributed by atoms with van der Waals surface area (Å²) in [6.07, 6.45) is -0.462. The Balaban J connectivity index is 1.41. The smallest absolute Gasteiger partial charge is 0.415 e. The molecule has 0 saturated carbocycles. The number of aromatic amines is 1. The fourth-order valence-electron chi connectivity index (χ4n) is 3.51. The molecule has 0 bridgehead atoms. The first kappa shape index (κ1) is 25.3. The summed E-state index contributed by atoms with van der Waals surface area (Å²) in [5, 5.41) is 0.694. The summed E-state index contributed by atoms with van der Waals surface area (Å²) >= 11 is 6.01. The van der Waals surface area contributed by atoms with Gasteiger partial charge in [-0.3, -0.25) is 4.90 Å². The van der Waals surface area contributed by atoms with Crippen molar-refractivity contribution in [3.8, 4) is 28.4 Å². The minimum absolute atomic E-state index is 0.260. The van der Waals surface area contributed by atoms with Crippen LogP contribution in [0.25, 0.3) is 22.6 Å². The maximum atomic E-state index is 12.3. The highest BCUT2D eigenvalue weighted by Gasteiger charge is 2.21. The van der Waals surface area contributed by atoms with Crippen LogP contribution in [0.3, 0.4) is 0 Å². The number of aryl methyl sites for hydroxylation is 1. The molecule has 0 aliphatic carbocycles. The molecule has 0 aliphatic rings. The second-order valence-corrected chi connectivity index (χ2v) is 9.84. The topological polar surface area (TPSA) is 80.3 Å². The van der Waals surface area contributed by atoms with Crippen LogP contribution in [0.4, 0.5) is 10.6 Å². The van der Waals surface area contributed by atoms with Gasteiger partial charge in [-0.05, 0) is 76.2 Å². The first-order valence-corrected chi connectivity index (χ1v) is 12.0. The summed E-state index contributed by atoms with van der Waals surface area (Å²) in [7, 11) is 1.63. The van der Waals surface area contributed by atoms with E-state index < -0.39 is 11.7 Å². The SMILES string of the molecule is Cc1[nH]c(-c2ccc(OCc3cccc(N(C)C(=O)OC(C)(C)C)n3)cc2)nc1-c1ccc(Cl)cc1. The summed E-state index contributed by atoms with van der Waals surface area (Å²) in [4.78, 5) is 26.4. The molecule has 0 spiro atoms. The van der Waals surface area contributed by atoms with Crippen LogP contribution in [0.1, 0.15) is 32.2 Å². The summed E-state index contributed by atoms with van der Waals surface area (Å²) in [6, 6.07) is 20.8. The number of hydrogen-bond donors (Lipinski definition) is 1. The highest BCUT2D eigenvalue weighted by Crippen LogP contribution is 2.28. The first-order chi connectivity index (χ1) is 17.1. The summed E-state index contributed by atoms with van der Waals surface area (Å²) in [5.41, 5.74) is 3.95. The number of rotatable bonds is 6. The molecule has 0 atom stereocenters. The van der Waals surface area contributed by atoms with Crippen LogP contribution < -0.4 is 9.64 Å². The van der Waals surface area contributed by atoms with E-state index in [1.54, 1.807) is 13.1 Å². The van der Waals surface area contributed by atoms with Gasteiger partial charge in [0.2, 0.25) is 0 Å². The molecule has 1 amide bonds. The number of nitrogens with one attached hydrogen (secondary N) is 1. The number of hydrogen-bond acceptors (Lipinski definition) is 5. The zero-order chi connectivity index (χ0) is 25.9. The lowest BCUT2D eigenvalue weighted by molar-refractivity contribution is 0.0588. The summed E-state index contributed by atoms with van der Waals surface area (Å²) < 4.78 is 11.3. The molecule has 7 nitrogen and oxygen atoms in total. The fraction of sp³-hybridized carbons (Fsp3) is 0.250. The van der Waals surface area contributed by atoms with E-state index in [9.17, 15) is 4.79 Å². The molecule has 2 heterocycles. The third kappa shape index (κ3) is 6.23. The summed E-state index contributed by atoms with van der Waals surface area (Å²) in [5.74, 6) is 1.97. The molecule has 2 aromatic carbocycles. The van der Waals surface area contributed by atoms with Crippen molar-refractivity contribution in [3.05, 3.63) is 83.1 Å². The molecule has 186 valence electrons. The van der Waals surface area contributed by atoms with E-state index in [4.69, 9.17) is 26.1 Å². The molecule has 2 aromatic heterocycles. The van der Waals surface area contributed by atoms with Crippen molar-refractivity contribution in [1.29, 1.82) is 0 Å². The number of H-pyrrole nitrogens is 1. The van der Waals surface area contributed by atoms with Gasteiger partial charge < -0.3 is 14.5 Å². The molecule has 0 saturated heterocycles. The zero-order valence-corrected chi connectivity index (χ0v) is 21.8. The van der Waals surface area contributed by atoms with E-state index in [0.29, 0.717) is 22.3 Å². The number of anilines is 1. The highest BCUT2D eigenvalue weighted by molar-refractivity contribution is 6.30. The van der Waals surface area contributed by atoms with Gasteiger partial charge in [-0.2, -0.15) is 0 Å². The third-order valence-electron chi connectivity index (χ3n) is 5.32. The van der Waals surface area contributed by atoms with E-state index in [0.717, 1.165) is 28.3 Å². The molecule has 1 N–H and O–H groups in total. The molecule has 36 heavy (non-hydrogen) atoms. The Morgan fingerprint density at radius 1 is 0.972 bits per heavy atom. The molecule has 4 aromatic rings. The minimum Gasteiger partial charge on any atom is -0.487 e. The monoisotopic (exact) mass is 504 g/mol. The molecule has 0 fully saturated rings. The van der Waals surface area contributed by atoms with E-state index >= 15 is 0 Å². The molecular weight excluding hydrogens is 476 g/mol. The number of ether oxygens (including phenoxy) is 2. The fourth-order valence-corrected chi connectivity index (χ4v) is 3.64. The predicted octanol–water partition coefficient (Wildman–Crippen LogP) is 7.05. The Labute approximate surface area is 216 Å². The lowest BCUT2D eigenvalue weighted by atomic mass is 10.1. The van der Waals surface area contributed by atoms with Crippen molar-refractivity contribution >= 4 is 23.5 Å². The zero-order valence-electron chi connectivity index (χ0n) is 21.0. The van der Waals surface area contributed by atoms with Gasteiger partial charge in [-0.15, -0.1) is 0 Å². The van der Waals surface area contributed by atoms with E-state index in [1.165, 1.54) is 4.90 Å². The minimum atomic E-state index is -0.579. The van der Waals surface area contributed by atoms with Crippen molar-refractivity contribution in [1.82, 2.24) is 15.0 Å². The molecule has 0 unspecified atom stereocenters. The van der Waals surface area contributed by atoms with Crippen LogP contribution in [0.15, 0.2) is 66.7 Å². The average molecular weight is 505 g/mol. The highest BCUT2D eigenvalue weighted by atomic mass is 35.5. The largest absolute Gasteiger partial charge is 0.487 e. The van der Waals surface area contributed by atoms with Crippen molar-refractivity contribution in [3.63, 3.8) is 0 Å². The molecule has 4 rings (SSSR count).